The minimum absolute atomic E-state index is 0.753. The van der Waals surface area contributed by atoms with Gasteiger partial charge in [-0.25, -0.2) is 0 Å². The van der Waals surface area contributed by atoms with E-state index in [0.717, 1.165) is 20.4 Å². The average molecular weight is 357 g/mol. The third-order valence-corrected chi connectivity index (χ3v) is 3.26. The molecule has 0 N–H and O–H groups in total. The van der Waals surface area contributed by atoms with E-state index in [4.69, 9.17) is 9.47 Å². The Morgan fingerprint density at radius 2 is 1.77 bits per heavy atom. The molecule has 0 heterocycles. The first-order valence-electron chi connectivity index (χ1n) is 3.69. The minimum Gasteiger partial charge on any atom is -0.493 e. The number of benzene rings is 1. The van der Waals surface area contributed by atoms with Crippen LogP contribution in [-0.4, -0.2) is 14.2 Å². The summed E-state index contributed by atoms with van der Waals surface area (Å²) in [6.45, 7) is 0. The lowest BCUT2D eigenvalue weighted by Gasteiger charge is -2.10. The summed E-state index contributed by atoms with van der Waals surface area (Å²) in [5, 5.41) is 0. The maximum Gasteiger partial charge on any atom is 0.161 e. The van der Waals surface area contributed by atoms with Crippen molar-refractivity contribution in [1.82, 2.24) is 0 Å². The van der Waals surface area contributed by atoms with Crippen molar-refractivity contribution in [3.8, 4) is 11.5 Å². The van der Waals surface area contributed by atoms with Crippen molar-refractivity contribution in [2.45, 2.75) is 4.43 Å². The van der Waals surface area contributed by atoms with Crippen LogP contribution in [0.2, 0.25) is 0 Å². The zero-order valence-corrected chi connectivity index (χ0v) is 11.2. The van der Waals surface area contributed by atoms with Crippen LogP contribution in [0.4, 0.5) is 0 Å². The van der Waals surface area contributed by atoms with E-state index in [0.29, 0.717) is 0 Å². The van der Waals surface area contributed by atoms with Crippen molar-refractivity contribution in [1.29, 1.82) is 0 Å². The van der Waals surface area contributed by atoms with Gasteiger partial charge in [0.1, 0.15) is 0 Å². The number of halogens is 2. The van der Waals surface area contributed by atoms with Gasteiger partial charge < -0.3 is 9.47 Å². The van der Waals surface area contributed by atoms with Crippen LogP contribution in [0.3, 0.4) is 0 Å². The van der Waals surface area contributed by atoms with Gasteiger partial charge in [0.15, 0.2) is 11.5 Å². The molecule has 0 spiro atoms. The highest BCUT2D eigenvalue weighted by molar-refractivity contribution is 14.1. The molecule has 0 saturated heterocycles. The lowest BCUT2D eigenvalue weighted by molar-refractivity contribution is 0.354. The van der Waals surface area contributed by atoms with Crippen molar-refractivity contribution >= 4 is 38.5 Å². The van der Waals surface area contributed by atoms with Gasteiger partial charge in [0.2, 0.25) is 0 Å². The number of rotatable bonds is 3. The van der Waals surface area contributed by atoms with E-state index in [2.05, 4.69) is 38.5 Å². The molecule has 1 rings (SSSR count). The summed E-state index contributed by atoms with van der Waals surface area (Å²) in [6.07, 6.45) is 0. The Hall–Kier alpha value is 0.0300. The molecule has 2 nitrogen and oxygen atoms in total. The molecular weight excluding hydrogens is 347 g/mol. The van der Waals surface area contributed by atoms with Crippen LogP contribution < -0.4 is 9.47 Å². The Morgan fingerprint density at radius 3 is 2.23 bits per heavy atom. The smallest absolute Gasteiger partial charge is 0.161 e. The molecule has 0 fully saturated rings. The second kappa shape index (κ2) is 5.05. The van der Waals surface area contributed by atoms with Crippen LogP contribution in [0.15, 0.2) is 16.6 Å². The van der Waals surface area contributed by atoms with Gasteiger partial charge in [-0.15, -0.1) is 0 Å². The Morgan fingerprint density at radius 1 is 1.23 bits per heavy atom. The molecule has 0 unspecified atom stereocenters. The fraction of sp³-hybridized carbons (Fsp3) is 0.333. The van der Waals surface area contributed by atoms with Crippen molar-refractivity contribution < 1.29 is 9.47 Å². The Bertz CT molecular complexity index is 302. The van der Waals surface area contributed by atoms with Crippen molar-refractivity contribution in [2.24, 2.45) is 0 Å². The van der Waals surface area contributed by atoms with E-state index in [1.54, 1.807) is 14.2 Å². The van der Waals surface area contributed by atoms with E-state index in [1.807, 2.05) is 12.1 Å². The van der Waals surface area contributed by atoms with Gasteiger partial charge in [-0.1, -0.05) is 38.5 Å². The Labute approximate surface area is 99.9 Å². The topological polar surface area (TPSA) is 18.5 Å². The van der Waals surface area contributed by atoms with Gasteiger partial charge in [-0.05, 0) is 17.7 Å². The van der Waals surface area contributed by atoms with Crippen LogP contribution in [0, 0.1) is 0 Å². The molecule has 0 radical (unpaired) electrons. The monoisotopic (exact) mass is 356 g/mol. The molecule has 1 aromatic carbocycles. The quantitative estimate of drug-likeness (QED) is 0.610. The second-order valence-corrected chi connectivity index (χ2v) is 4.05. The average Bonchev–Trinajstić information content (AvgIpc) is 2.17. The standard InChI is InChI=1S/C9H10BrIO2/c1-12-8-3-6(5-11)7(10)4-9(8)13-2/h3-4H,5H2,1-2H3. The van der Waals surface area contributed by atoms with Gasteiger partial charge in [-0.3, -0.25) is 0 Å². The highest BCUT2D eigenvalue weighted by atomic mass is 127. The van der Waals surface area contributed by atoms with Gasteiger partial charge >= 0.3 is 0 Å². The fourth-order valence-electron chi connectivity index (χ4n) is 0.999. The molecule has 0 atom stereocenters. The molecule has 0 saturated carbocycles. The molecule has 0 aliphatic carbocycles. The zero-order chi connectivity index (χ0) is 9.84. The highest BCUT2D eigenvalue weighted by Crippen LogP contribution is 2.34. The van der Waals surface area contributed by atoms with E-state index in [1.165, 1.54) is 5.56 Å². The van der Waals surface area contributed by atoms with Crippen LogP contribution >= 0.6 is 38.5 Å². The summed E-state index contributed by atoms with van der Waals surface area (Å²) in [5.41, 5.74) is 1.21. The lowest BCUT2D eigenvalue weighted by Crippen LogP contribution is -1.92. The molecule has 0 aliphatic rings. The molecule has 0 aromatic heterocycles. The van der Waals surface area contributed by atoms with Crippen molar-refractivity contribution in [2.75, 3.05) is 14.2 Å². The summed E-state index contributed by atoms with van der Waals surface area (Å²) in [5.74, 6) is 1.53. The molecule has 72 valence electrons. The van der Waals surface area contributed by atoms with Crippen molar-refractivity contribution in [3.05, 3.63) is 22.2 Å². The maximum absolute atomic E-state index is 5.18. The van der Waals surface area contributed by atoms with Gasteiger partial charge in [0.05, 0.1) is 14.2 Å². The molecule has 4 heteroatoms. The Balaban J connectivity index is 3.18. The summed E-state index contributed by atoms with van der Waals surface area (Å²) in [4.78, 5) is 0. The van der Waals surface area contributed by atoms with Gasteiger partial charge in [0.25, 0.3) is 0 Å². The van der Waals surface area contributed by atoms with Crippen LogP contribution in [0.1, 0.15) is 5.56 Å². The largest absolute Gasteiger partial charge is 0.493 e. The first kappa shape index (κ1) is 11.1. The SMILES string of the molecule is COc1cc(Br)c(CI)cc1OC. The molecule has 0 bridgehead atoms. The summed E-state index contributed by atoms with van der Waals surface area (Å²) in [6, 6.07) is 3.90. The number of alkyl halides is 1. The molecule has 0 amide bonds. The molecule has 0 aliphatic heterocycles. The van der Waals surface area contributed by atoms with Crippen LogP contribution in [0.25, 0.3) is 0 Å². The molecule has 1 aromatic rings. The molecular formula is C9H10BrIO2. The maximum atomic E-state index is 5.18. The van der Waals surface area contributed by atoms with Gasteiger partial charge in [-0.2, -0.15) is 0 Å². The predicted octanol–water partition coefficient (Wildman–Crippen LogP) is 3.40. The van der Waals surface area contributed by atoms with E-state index >= 15 is 0 Å². The van der Waals surface area contributed by atoms with Crippen molar-refractivity contribution in [3.63, 3.8) is 0 Å². The number of ether oxygens (including phenoxy) is 2. The second-order valence-electron chi connectivity index (χ2n) is 2.43. The number of methoxy groups -OCH3 is 2. The van der Waals surface area contributed by atoms with E-state index in [9.17, 15) is 0 Å². The molecule has 13 heavy (non-hydrogen) atoms. The van der Waals surface area contributed by atoms with Gasteiger partial charge in [0, 0.05) is 8.90 Å². The first-order chi connectivity index (χ1) is 6.22. The zero-order valence-electron chi connectivity index (χ0n) is 7.43. The highest BCUT2D eigenvalue weighted by Gasteiger charge is 2.07. The third-order valence-electron chi connectivity index (χ3n) is 1.70. The van der Waals surface area contributed by atoms with E-state index < -0.39 is 0 Å². The summed E-state index contributed by atoms with van der Waals surface area (Å²) >= 11 is 5.78. The summed E-state index contributed by atoms with van der Waals surface area (Å²) < 4.78 is 12.3. The number of hydrogen-bond donors (Lipinski definition) is 0. The third kappa shape index (κ3) is 2.49. The lowest BCUT2D eigenvalue weighted by atomic mass is 10.2. The first-order valence-corrected chi connectivity index (χ1v) is 6.01. The van der Waals surface area contributed by atoms with E-state index in [-0.39, 0.29) is 0 Å². The Kier molecular flexibility index (Phi) is 4.31. The van der Waals surface area contributed by atoms with Crippen LogP contribution in [0.5, 0.6) is 11.5 Å². The summed E-state index contributed by atoms with van der Waals surface area (Å²) in [7, 11) is 3.27. The minimum atomic E-state index is 0.753. The fourth-order valence-corrected chi connectivity index (χ4v) is 2.62. The van der Waals surface area contributed by atoms with Crippen LogP contribution in [-0.2, 0) is 4.43 Å². The normalized spacial score (nSPS) is 9.85. The number of hydrogen-bond acceptors (Lipinski definition) is 2. The predicted molar refractivity (Wildman–Crippen MR) is 65.0 cm³/mol.